The van der Waals surface area contributed by atoms with Gasteiger partial charge in [0.05, 0.1) is 6.42 Å². The summed E-state index contributed by atoms with van der Waals surface area (Å²) < 4.78 is 0. The van der Waals surface area contributed by atoms with Gasteiger partial charge in [0.1, 0.15) is 0 Å². The predicted molar refractivity (Wildman–Crippen MR) is 65.0 cm³/mol. The Morgan fingerprint density at radius 2 is 2.06 bits per heavy atom. The Hall–Kier alpha value is -1.31. The third-order valence-corrected chi connectivity index (χ3v) is 4.06. The molecule has 1 heterocycles. The highest BCUT2D eigenvalue weighted by Crippen LogP contribution is 2.48. The van der Waals surface area contributed by atoms with Crippen LogP contribution in [0.3, 0.4) is 0 Å². The van der Waals surface area contributed by atoms with E-state index in [0.717, 1.165) is 5.69 Å². The van der Waals surface area contributed by atoms with Crippen LogP contribution in [-0.4, -0.2) is 5.91 Å². The van der Waals surface area contributed by atoms with Gasteiger partial charge >= 0.3 is 0 Å². The molecule has 2 heteroatoms. The zero-order valence-corrected chi connectivity index (χ0v) is 10.1. The van der Waals surface area contributed by atoms with E-state index in [1.54, 1.807) is 0 Å². The first-order valence-electron chi connectivity index (χ1n) is 6.04. The minimum Gasteiger partial charge on any atom is -0.325 e. The fourth-order valence-electron chi connectivity index (χ4n) is 3.33. The molecule has 0 saturated carbocycles. The average Bonchev–Trinajstić information content (AvgIpc) is 2.69. The summed E-state index contributed by atoms with van der Waals surface area (Å²) in [6.45, 7) is 6.67. The van der Waals surface area contributed by atoms with Crippen molar-refractivity contribution in [2.24, 2.45) is 0 Å². The van der Waals surface area contributed by atoms with E-state index in [2.05, 4.69) is 32.2 Å². The quantitative estimate of drug-likeness (QED) is 0.708. The molecule has 0 fully saturated rings. The van der Waals surface area contributed by atoms with Crippen LogP contribution >= 0.6 is 0 Å². The first-order chi connectivity index (χ1) is 7.58. The van der Waals surface area contributed by atoms with Crippen molar-refractivity contribution in [2.75, 3.05) is 5.32 Å². The highest BCUT2D eigenvalue weighted by Gasteiger charge is 2.33. The molecule has 16 heavy (non-hydrogen) atoms. The fourth-order valence-corrected chi connectivity index (χ4v) is 3.33. The summed E-state index contributed by atoms with van der Waals surface area (Å²) in [6, 6.07) is 2.29. The van der Waals surface area contributed by atoms with E-state index in [1.807, 2.05) is 0 Å². The van der Waals surface area contributed by atoms with E-state index >= 15 is 0 Å². The third kappa shape index (κ3) is 1.16. The number of carbonyl (C=O) groups excluding carboxylic acids is 1. The van der Waals surface area contributed by atoms with Crippen molar-refractivity contribution in [1.29, 1.82) is 0 Å². The second-order valence-corrected chi connectivity index (χ2v) is 5.31. The number of nitrogens with one attached hydrogen (secondary N) is 1. The normalized spacial score (nSPS) is 26.6. The molecule has 3 rings (SSSR count). The number of aryl methyl sites for hydroxylation is 1. The van der Waals surface area contributed by atoms with Gasteiger partial charge in [0.2, 0.25) is 5.91 Å². The van der Waals surface area contributed by atoms with Crippen LogP contribution in [0.25, 0.3) is 0 Å². The molecule has 0 bridgehead atoms. The van der Waals surface area contributed by atoms with Gasteiger partial charge in [-0.15, -0.1) is 0 Å². The van der Waals surface area contributed by atoms with Gasteiger partial charge in [-0.1, -0.05) is 19.9 Å². The number of benzene rings is 1. The summed E-state index contributed by atoms with van der Waals surface area (Å²) in [5.41, 5.74) is 6.49. The molecule has 1 N–H and O–H groups in total. The molecule has 2 nitrogen and oxygen atoms in total. The first kappa shape index (κ1) is 9.88. The number of hydrogen-bond donors (Lipinski definition) is 1. The SMILES string of the molecule is Cc1cc2c(c3c1CC(=O)N3)C(C)CC2C. The van der Waals surface area contributed by atoms with Crippen molar-refractivity contribution in [1.82, 2.24) is 0 Å². The summed E-state index contributed by atoms with van der Waals surface area (Å²) in [7, 11) is 0. The van der Waals surface area contributed by atoms with Crippen LogP contribution in [0, 0.1) is 6.92 Å². The zero-order chi connectivity index (χ0) is 11.4. The van der Waals surface area contributed by atoms with Crippen molar-refractivity contribution in [3.63, 3.8) is 0 Å². The van der Waals surface area contributed by atoms with Crippen molar-refractivity contribution < 1.29 is 4.79 Å². The smallest absolute Gasteiger partial charge is 0.228 e. The van der Waals surface area contributed by atoms with Crippen LogP contribution in [0.15, 0.2) is 6.07 Å². The summed E-state index contributed by atoms with van der Waals surface area (Å²) in [5.74, 6) is 1.36. The highest BCUT2D eigenvalue weighted by molar-refractivity contribution is 6.01. The van der Waals surface area contributed by atoms with E-state index in [9.17, 15) is 4.79 Å². The average molecular weight is 215 g/mol. The standard InChI is InChI=1S/C14H17NO/c1-7-4-9(3)13-10(7)5-8(2)11-6-12(16)15-14(11)13/h5,7,9H,4,6H2,1-3H3,(H,15,16). The fraction of sp³-hybridized carbons (Fsp3) is 0.500. The van der Waals surface area contributed by atoms with Gasteiger partial charge in [0.25, 0.3) is 0 Å². The van der Waals surface area contributed by atoms with E-state index in [1.165, 1.54) is 28.7 Å². The van der Waals surface area contributed by atoms with Crippen molar-refractivity contribution in [3.8, 4) is 0 Å². The molecular formula is C14H17NO. The number of carbonyl (C=O) groups is 1. The van der Waals surface area contributed by atoms with Gasteiger partial charge in [-0.3, -0.25) is 4.79 Å². The van der Waals surface area contributed by atoms with Crippen molar-refractivity contribution >= 4 is 11.6 Å². The van der Waals surface area contributed by atoms with E-state index < -0.39 is 0 Å². The van der Waals surface area contributed by atoms with Gasteiger partial charge in [-0.2, -0.15) is 0 Å². The lowest BCUT2D eigenvalue weighted by Gasteiger charge is -2.13. The molecule has 2 unspecified atom stereocenters. The molecule has 2 atom stereocenters. The number of fused-ring (bicyclic) bond motifs is 3. The topological polar surface area (TPSA) is 29.1 Å². The number of rotatable bonds is 0. The molecule has 0 aromatic heterocycles. The van der Waals surface area contributed by atoms with Crippen LogP contribution < -0.4 is 5.32 Å². The molecule has 0 radical (unpaired) electrons. The van der Waals surface area contributed by atoms with Crippen molar-refractivity contribution in [3.05, 3.63) is 28.3 Å². The molecule has 84 valence electrons. The number of hydrogen-bond acceptors (Lipinski definition) is 1. The van der Waals surface area contributed by atoms with Gasteiger partial charge in [0, 0.05) is 5.69 Å². The second kappa shape index (κ2) is 3.09. The van der Waals surface area contributed by atoms with Crippen LogP contribution in [-0.2, 0) is 11.2 Å². The zero-order valence-electron chi connectivity index (χ0n) is 10.1. The lowest BCUT2D eigenvalue weighted by Crippen LogP contribution is -2.05. The number of amides is 1. The molecule has 1 aromatic rings. The van der Waals surface area contributed by atoms with Gasteiger partial charge in [-0.25, -0.2) is 0 Å². The summed E-state index contributed by atoms with van der Waals surface area (Å²) in [4.78, 5) is 11.5. The summed E-state index contributed by atoms with van der Waals surface area (Å²) in [6.07, 6.45) is 1.77. The molecule has 1 amide bonds. The van der Waals surface area contributed by atoms with E-state index in [-0.39, 0.29) is 5.91 Å². The van der Waals surface area contributed by atoms with Crippen LogP contribution in [0.2, 0.25) is 0 Å². The third-order valence-electron chi connectivity index (χ3n) is 4.06. The summed E-state index contributed by atoms with van der Waals surface area (Å²) in [5, 5.41) is 3.05. The predicted octanol–water partition coefficient (Wildman–Crippen LogP) is 3.10. The molecule has 1 aliphatic carbocycles. The Labute approximate surface area is 96.1 Å². The molecular weight excluding hydrogens is 198 g/mol. The molecule has 1 aromatic carbocycles. The van der Waals surface area contributed by atoms with Gasteiger partial charge in [-0.05, 0) is 47.4 Å². The Bertz CT molecular complexity index is 490. The lowest BCUT2D eigenvalue weighted by molar-refractivity contribution is -0.115. The van der Waals surface area contributed by atoms with Crippen LogP contribution in [0.5, 0.6) is 0 Å². The Kier molecular flexibility index (Phi) is 1.91. The lowest BCUT2D eigenvalue weighted by atomic mass is 9.94. The maximum atomic E-state index is 11.5. The van der Waals surface area contributed by atoms with E-state index in [0.29, 0.717) is 18.3 Å². The Balaban J connectivity index is 2.27. The molecule has 2 aliphatic rings. The molecule has 0 saturated heterocycles. The van der Waals surface area contributed by atoms with Gasteiger partial charge in [0.15, 0.2) is 0 Å². The Morgan fingerprint density at radius 3 is 2.81 bits per heavy atom. The Morgan fingerprint density at radius 1 is 1.31 bits per heavy atom. The largest absolute Gasteiger partial charge is 0.325 e. The minimum atomic E-state index is 0.151. The van der Waals surface area contributed by atoms with Crippen LogP contribution in [0.1, 0.15) is 54.4 Å². The maximum Gasteiger partial charge on any atom is 0.228 e. The van der Waals surface area contributed by atoms with Crippen molar-refractivity contribution in [2.45, 2.75) is 45.4 Å². The molecule has 0 spiro atoms. The monoisotopic (exact) mass is 215 g/mol. The highest BCUT2D eigenvalue weighted by atomic mass is 16.1. The number of anilines is 1. The first-order valence-corrected chi connectivity index (χ1v) is 6.04. The van der Waals surface area contributed by atoms with Crippen LogP contribution in [0.4, 0.5) is 5.69 Å². The summed E-state index contributed by atoms with van der Waals surface area (Å²) >= 11 is 0. The second-order valence-electron chi connectivity index (χ2n) is 5.31. The molecule has 1 aliphatic heterocycles. The van der Waals surface area contributed by atoms with Gasteiger partial charge < -0.3 is 5.32 Å². The minimum absolute atomic E-state index is 0.151. The van der Waals surface area contributed by atoms with E-state index in [4.69, 9.17) is 0 Å². The maximum absolute atomic E-state index is 11.5.